The van der Waals surface area contributed by atoms with Gasteiger partial charge in [-0.05, 0) is 43.3 Å². The summed E-state index contributed by atoms with van der Waals surface area (Å²) >= 11 is 0. The third-order valence-corrected chi connectivity index (χ3v) is 2.92. The van der Waals surface area contributed by atoms with E-state index in [-0.39, 0.29) is 5.75 Å². The molecule has 0 aliphatic carbocycles. The second-order valence-corrected chi connectivity index (χ2v) is 4.40. The summed E-state index contributed by atoms with van der Waals surface area (Å²) in [4.78, 5) is 4.51. The number of ether oxygens (including phenoxy) is 1. The average Bonchev–Trinajstić information content (AvgIpc) is 2.42. The molecule has 1 N–H and O–H groups in total. The highest BCUT2D eigenvalue weighted by molar-refractivity contribution is 5.80. The zero-order valence-corrected chi connectivity index (χ0v) is 10.5. The number of nitrogens with zero attached hydrogens (tertiary/aromatic N) is 1. The van der Waals surface area contributed by atoms with Crippen molar-refractivity contribution in [1.82, 2.24) is 4.98 Å². The van der Waals surface area contributed by atoms with Crippen molar-refractivity contribution in [2.45, 2.75) is 6.92 Å². The minimum atomic E-state index is 0.218. The Morgan fingerprint density at radius 2 is 1.74 bits per heavy atom. The van der Waals surface area contributed by atoms with Crippen LogP contribution in [0.2, 0.25) is 0 Å². The van der Waals surface area contributed by atoms with Crippen LogP contribution in [0.4, 0.5) is 0 Å². The first-order valence-corrected chi connectivity index (χ1v) is 6.06. The van der Waals surface area contributed by atoms with Crippen LogP contribution in [-0.2, 0) is 0 Å². The number of aromatic hydroxyl groups is 1. The van der Waals surface area contributed by atoms with E-state index in [0.29, 0.717) is 11.6 Å². The molecule has 0 bridgehead atoms. The van der Waals surface area contributed by atoms with E-state index in [0.717, 1.165) is 16.5 Å². The Hall–Kier alpha value is -2.55. The molecule has 3 rings (SSSR count). The van der Waals surface area contributed by atoms with Gasteiger partial charge in [0.2, 0.25) is 5.88 Å². The van der Waals surface area contributed by atoms with Gasteiger partial charge in [0.25, 0.3) is 0 Å². The number of aryl methyl sites for hydroxylation is 1. The fraction of sp³-hybridized carbons (Fsp3) is 0.0625. The van der Waals surface area contributed by atoms with E-state index in [1.54, 1.807) is 24.3 Å². The highest BCUT2D eigenvalue weighted by Gasteiger charge is 2.05. The molecule has 0 radical (unpaired) electrons. The molecule has 0 aliphatic rings. The number of hydrogen-bond acceptors (Lipinski definition) is 3. The molecular formula is C16H13NO2. The molecule has 2 aromatic carbocycles. The highest BCUT2D eigenvalue weighted by Crippen LogP contribution is 2.27. The first-order chi connectivity index (χ1) is 9.22. The average molecular weight is 251 g/mol. The number of rotatable bonds is 2. The molecule has 0 atom stereocenters. The van der Waals surface area contributed by atoms with E-state index < -0.39 is 0 Å². The van der Waals surface area contributed by atoms with Crippen molar-refractivity contribution in [3.63, 3.8) is 0 Å². The largest absolute Gasteiger partial charge is 0.508 e. The number of benzene rings is 2. The van der Waals surface area contributed by atoms with Crippen LogP contribution in [0.3, 0.4) is 0 Å². The molecule has 0 amide bonds. The van der Waals surface area contributed by atoms with Crippen LogP contribution in [0.25, 0.3) is 10.9 Å². The quantitative estimate of drug-likeness (QED) is 0.747. The lowest BCUT2D eigenvalue weighted by molar-refractivity contribution is 0.453. The van der Waals surface area contributed by atoms with Crippen molar-refractivity contribution in [3.05, 3.63) is 60.2 Å². The number of para-hydroxylation sites is 1. The number of pyridine rings is 1. The number of fused-ring (bicyclic) bond motifs is 1. The van der Waals surface area contributed by atoms with Crippen molar-refractivity contribution in [1.29, 1.82) is 0 Å². The van der Waals surface area contributed by atoms with Crippen LogP contribution >= 0.6 is 0 Å². The van der Waals surface area contributed by atoms with Gasteiger partial charge in [-0.15, -0.1) is 0 Å². The summed E-state index contributed by atoms with van der Waals surface area (Å²) < 4.78 is 5.75. The maximum Gasteiger partial charge on any atom is 0.222 e. The van der Waals surface area contributed by atoms with Crippen LogP contribution in [-0.4, -0.2) is 10.1 Å². The second kappa shape index (κ2) is 4.61. The van der Waals surface area contributed by atoms with E-state index in [1.807, 2.05) is 31.2 Å². The van der Waals surface area contributed by atoms with Gasteiger partial charge in [-0.1, -0.05) is 18.2 Å². The summed E-state index contributed by atoms with van der Waals surface area (Å²) in [6, 6.07) is 16.6. The van der Waals surface area contributed by atoms with Crippen molar-refractivity contribution >= 4 is 10.9 Å². The van der Waals surface area contributed by atoms with Gasteiger partial charge >= 0.3 is 0 Å². The molecule has 94 valence electrons. The third kappa shape index (κ3) is 2.36. The van der Waals surface area contributed by atoms with E-state index in [1.165, 1.54) is 0 Å². The predicted octanol–water partition coefficient (Wildman–Crippen LogP) is 4.04. The number of aromatic nitrogens is 1. The van der Waals surface area contributed by atoms with E-state index in [9.17, 15) is 5.11 Å². The van der Waals surface area contributed by atoms with Gasteiger partial charge in [-0.3, -0.25) is 0 Å². The second-order valence-electron chi connectivity index (χ2n) is 4.40. The SMILES string of the molecule is Cc1cc2ccccc2nc1Oc1ccc(O)cc1. The molecule has 3 aromatic rings. The number of hydrogen-bond donors (Lipinski definition) is 1. The summed E-state index contributed by atoms with van der Waals surface area (Å²) in [6.45, 7) is 1.97. The molecule has 19 heavy (non-hydrogen) atoms. The van der Waals surface area contributed by atoms with Crippen molar-refractivity contribution < 1.29 is 9.84 Å². The Balaban J connectivity index is 2.00. The maximum atomic E-state index is 9.25. The normalized spacial score (nSPS) is 10.6. The van der Waals surface area contributed by atoms with Gasteiger partial charge in [0.15, 0.2) is 0 Å². The topological polar surface area (TPSA) is 42.4 Å². The zero-order valence-electron chi connectivity index (χ0n) is 10.5. The van der Waals surface area contributed by atoms with Crippen LogP contribution in [0.1, 0.15) is 5.56 Å². The fourth-order valence-corrected chi connectivity index (χ4v) is 1.93. The Morgan fingerprint density at radius 1 is 1.00 bits per heavy atom. The number of phenolic OH excluding ortho intramolecular Hbond substituents is 1. The van der Waals surface area contributed by atoms with E-state index in [4.69, 9.17) is 4.74 Å². The van der Waals surface area contributed by atoms with Crippen LogP contribution in [0.15, 0.2) is 54.6 Å². The monoisotopic (exact) mass is 251 g/mol. The van der Waals surface area contributed by atoms with Gasteiger partial charge in [0.1, 0.15) is 11.5 Å². The molecule has 0 fully saturated rings. The molecule has 1 aromatic heterocycles. The van der Waals surface area contributed by atoms with Crippen molar-refractivity contribution in [2.75, 3.05) is 0 Å². The summed E-state index contributed by atoms with van der Waals surface area (Å²) in [5.41, 5.74) is 1.88. The Morgan fingerprint density at radius 3 is 2.53 bits per heavy atom. The summed E-state index contributed by atoms with van der Waals surface area (Å²) in [5, 5.41) is 10.3. The van der Waals surface area contributed by atoms with Crippen LogP contribution in [0.5, 0.6) is 17.4 Å². The van der Waals surface area contributed by atoms with Crippen LogP contribution in [0, 0.1) is 6.92 Å². The van der Waals surface area contributed by atoms with Gasteiger partial charge in [0.05, 0.1) is 5.52 Å². The summed E-state index contributed by atoms with van der Waals surface area (Å²) in [5.74, 6) is 1.46. The van der Waals surface area contributed by atoms with Gasteiger partial charge < -0.3 is 9.84 Å². The van der Waals surface area contributed by atoms with E-state index >= 15 is 0 Å². The zero-order chi connectivity index (χ0) is 13.2. The maximum absolute atomic E-state index is 9.25. The minimum absolute atomic E-state index is 0.218. The van der Waals surface area contributed by atoms with Gasteiger partial charge in [0, 0.05) is 10.9 Å². The molecule has 0 aliphatic heterocycles. The lowest BCUT2D eigenvalue weighted by Gasteiger charge is -2.09. The molecule has 3 heteroatoms. The third-order valence-electron chi connectivity index (χ3n) is 2.92. The Kier molecular flexibility index (Phi) is 2.80. The van der Waals surface area contributed by atoms with E-state index in [2.05, 4.69) is 11.1 Å². The fourth-order valence-electron chi connectivity index (χ4n) is 1.93. The first kappa shape index (κ1) is 11.5. The molecule has 0 saturated heterocycles. The van der Waals surface area contributed by atoms with Crippen molar-refractivity contribution in [2.24, 2.45) is 0 Å². The summed E-state index contributed by atoms with van der Waals surface area (Å²) in [6.07, 6.45) is 0. The Bertz CT molecular complexity index is 720. The molecule has 3 nitrogen and oxygen atoms in total. The van der Waals surface area contributed by atoms with Crippen LogP contribution < -0.4 is 4.74 Å². The first-order valence-electron chi connectivity index (χ1n) is 6.06. The lowest BCUT2D eigenvalue weighted by Crippen LogP contribution is -1.92. The number of phenols is 1. The Labute approximate surface area is 111 Å². The molecule has 0 saturated carbocycles. The minimum Gasteiger partial charge on any atom is -0.508 e. The van der Waals surface area contributed by atoms with Gasteiger partial charge in [-0.2, -0.15) is 0 Å². The van der Waals surface area contributed by atoms with Gasteiger partial charge in [-0.25, -0.2) is 4.98 Å². The lowest BCUT2D eigenvalue weighted by atomic mass is 10.2. The predicted molar refractivity (Wildman–Crippen MR) is 74.7 cm³/mol. The van der Waals surface area contributed by atoms with Crippen molar-refractivity contribution in [3.8, 4) is 17.4 Å². The highest BCUT2D eigenvalue weighted by atomic mass is 16.5. The summed E-state index contributed by atoms with van der Waals surface area (Å²) in [7, 11) is 0. The molecule has 1 heterocycles. The smallest absolute Gasteiger partial charge is 0.222 e. The molecule has 0 unspecified atom stereocenters. The molecular weight excluding hydrogens is 238 g/mol. The standard InChI is InChI=1S/C16H13NO2/c1-11-10-12-4-2-3-5-15(12)17-16(11)19-14-8-6-13(18)7-9-14/h2-10,18H,1H3. The molecule has 0 spiro atoms.